The van der Waals surface area contributed by atoms with Crippen LogP contribution in [0.3, 0.4) is 0 Å². The minimum Gasteiger partial charge on any atom is -0.392 e. The lowest BCUT2D eigenvalue weighted by Gasteiger charge is -2.10. The Bertz CT molecular complexity index is 344. The van der Waals surface area contributed by atoms with E-state index < -0.39 is 35.5 Å². The topological polar surface area (TPSA) is 20.2 Å². The van der Waals surface area contributed by atoms with Gasteiger partial charge in [-0.25, -0.2) is 8.78 Å². The Morgan fingerprint density at radius 1 is 1.14 bits per heavy atom. The number of rotatable bonds is 1. The third-order valence-electron chi connectivity index (χ3n) is 1.62. The van der Waals surface area contributed by atoms with E-state index in [4.69, 9.17) is 5.11 Å². The van der Waals surface area contributed by atoms with Gasteiger partial charge in [-0.3, -0.25) is 0 Å². The van der Waals surface area contributed by atoms with Crippen molar-refractivity contribution in [2.24, 2.45) is 0 Å². The Hall–Kier alpha value is -1.17. The SMILES string of the molecule is OCc1ccc(F)c(C(F)(F)F)c1F. The molecule has 1 aromatic rings. The van der Waals surface area contributed by atoms with E-state index in [0.29, 0.717) is 6.07 Å². The van der Waals surface area contributed by atoms with Crippen LogP contribution in [0.2, 0.25) is 0 Å². The van der Waals surface area contributed by atoms with Crippen LogP contribution in [-0.2, 0) is 12.8 Å². The monoisotopic (exact) mass is 212 g/mol. The number of halogens is 5. The van der Waals surface area contributed by atoms with Crippen molar-refractivity contribution in [3.8, 4) is 0 Å². The van der Waals surface area contributed by atoms with Crippen molar-refractivity contribution in [1.29, 1.82) is 0 Å². The summed E-state index contributed by atoms with van der Waals surface area (Å²) in [5, 5.41) is 8.47. The first-order valence-electron chi connectivity index (χ1n) is 3.53. The smallest absolute Gasteiger partial charge is 0.392 e. The molecule has 0 atom stereocenters. The lowest BCUT2D eigenvalue weighted by Crippen LogP contribution is -2.13. The van der Waals surface area contributed by atoms with Gasteiger partial charge < -0.3 is 5.11 Å². The number of benzene rings is 1. The van der Waals surface area contributed by atoms with Gasteiger partial charge in [0.15, 0.2) is 0 Å². The average molecular weight is 212 g/mol. The standard InChI is InChI=1S/C8H5F5O/c9-5-2-1-4(3-14)7(10)6(5)8(11,12)13/h1-2,14H,3H2. The van der Waals surface area contributed by atoms with Crippen molar-refractivity contribution in [2.45, 2.75) is 12.8 Å². The van der Waals surface area contributed by atoms with Gasteiger partial charge in [-0.05, 0) is 6.07 Å². The van der Waals surface area contributed by atoms with Gasteiger partial charge in [0.2, 0.25) is 0 Å². The van der Waals surface area contributed by atoms with Gasteiger partial charge in [0.05, 0.1) is 6.61 Å². The van der Waals surface area contributed by atoms with Crippen molar-refractivity contribution in [2.75, 3.05) is 0 Å². The van der Waals surface area contributed by atoms with Crippen LogP contribution in [-0.4, -0.2) is 5.11 Å². The molecule has 0 aromatic heterocycles. The van der Waals surface area contributed by atoms with Crippen molar-refractivity contribution >= 4 is 0 Å². The van der Waals surface area contributed by atoms with Crippen LogP contribution in [0.15, 0.2) is 12.1 Å². The summed E-state index contributed by atoms with van der Waals surface area (Å²) in [6, 6.07) is 1.23. The Morgan fingerprint density at radius 2 is 1.71 bits per heavy atom. The van der Waals surface area contributed by atoms with E-state index in [9.17, 15) is 22.0 Å². The largest absolute Gasteiger partial charge is 0.422 e. The number of hydrogen-bond acceptors (Lipinski definition) is 1. The zero-order valence-corrected chi connectivity index (χ0v) is 6.70. The molecule has 1 nitrogen and oxygen atoms in total. The maximum absolute atomic E-state index is 12.9. The van der Waals surface area contributed by atoms with E-state index in [-0.39, 0.29) is 0 Å². The minimum absolute atomic E-state index is 0.470. The molecule has 1 aromatic carbocycles. The molecule has 78 valence electrons. The van der Waals surface area contributed by atoms with Crippen LogP contribution in [0.4, 0.5) is 22.0 Å². The van der Waals surface area contributed by atoms with Gasteiger partial charge in [-0.15, -0.1) is 0 Å². The summed E-state index contributed by atoms with van der Waals surface area (Å²) in [5.41, 5.74) is -2.55. The van der Waals surface area contributed by atoms with Crippen LogP contribution < -0.4 is 0 Å². The molecule has 0 aliphatic rings. The second-order valence-corrected chi connectivity index (χ2v) is 2.55. The third kappa shape index (κ3) is 1.84. The molecule has 0 amide bonds. The molecule has 0 aliphatic carbocycles. The molecule has 1 N–H and O–H groups in total. The quantitative estimate of drug-likeness (QED) is 0.709. The second-order valence-electron chi connectivity index (χ2n) is 2.55. The Kier molecular flexibility index (Phi) is 2.75. The second kappa shape index (κ2) is 3.53. The first-order valence-corrected chi connectivity index (χ1v) is 3.53. The third-order valence-corrected chi connectivity index (χ3v) is 1.62. The Morgan fingerprint density at radius 3 is 2.14 bits per heavy atom. The predicted molar refractivity (Wildman–Crippen MR) is 37.3 cm³/mol. The highest BCUT2D eigenvalue weighted by Gasteiger charge is 2.38. The first kappa shape index (κ1) is 10.9. The lowest BCUT2D eigenvalue weighted by atomic mass is 10.1. The number of aliphatic hydroxyl groups excluding tert-OH is 1. The van der Waals surface area contributed by atoms with E-state index in [0.717, 1.165) is 6.07 Å². The van der Waals surface area contributed by atoms with E-state index in [1.807, 2.05) is 0 Å². The van der Waals surface area contributed by atoms with Gasteiger partial charge in [-0.1, -0.05) is 6.07 Å². The molecular weight excluding hydrogens is 207 g/mol. The fraction of sp³-hybridized carbons (Fsp3) is 0.250. The lowest BCUT2D eigenvalue weighted by molar-refractivity contribution is -0.142. The summed E-state index contributed by atoms with van der Waals surface area (Å²) in [5.74, 6) is -3.45. The number of alkyl halides is 3. The zero-order chi connectivity index (χ0) is 10.9. The Labute approximate surface area is 75.8 Å². The van der Waals surface area contributed by atoms with E-state index in [1.165, 1.54) is 0 Å². The molecule has 0 fully saturated rings. The molecule has 14 heavy (non-hydrogen) atoms. The molecule has 0 heterocycles. The van der Waals surface area contributed by atoms with Crippen LogP contribution in [0.5, 0.6) is 0 Å². The number of hydrogen-bond donors (Lipinski definition) is 1. The maximum Gasteiger partial charge on any atom is 0.422 e. The van der Waals surface area contributed by atoms with Crippen molar-refractivity contribution in [3.05, 3.63) is 34.9 Å². The van der Waals surface area contributed by atoms with Crippen LogP contribution >= 0.6 is 0 Å². The van der Waals surface area contributed by atoms with Crippen LogP contribution in [0, 0.1) is 11.6 Å². The van der Waals surface area contributed by atoms with Crippen molar-refractivity contribution in [3.63, 3.8) is 0 Å². The summed E-state index contributed by atoms with van der Waals surface area (Å²) in [4.78, 5) is 0. The first-order chi connectivity index (χ1) is 6.38. The fourth-order valence-electron chi connectivity index (χ4n) is 0.978. The predicted octanol–water partition coefficient (Wildman–Crippen LogP) is 2.48. The summed E-state index contributed by atoms with van der Waals surface area (Å²) in [6.07, 6.45) is -5.10. The summed E-state index contributed by atoms with van der Waals surface area (Å²) < 4.78 is 61.7. The summed E-state index contributed by atoms with van der Waals surface area (Å²) >= 11 is 0. The van der Waals surface area contributed by atoms with Gasteiger partial charge in [-0.2, -0.15) is 13.2 Å². The van der Waals surface area contributed by atoms with Crippen molar-refractivity contribution in [1.82, 2.24) is 0 Å². The molecule has 0 spiro atoms. The highest BCUT2D eigenvalue weighted by atomic mass is 19.4. The highest BCUT2D eigenvalue weighted by Crippen LogP contribution is 2.34. The minimum atomic E-state index is -5.10. The van der Waals surface area contributed by atoms with Gasteiger partial charge in [0.1, 0.15) is 17.2 Å². The fourth-order valence-corrected chi connectivity index (χ4v) is 0.978. The summed E-state index contributed by atoms with van der Waals surface area (Å²) in [7, 11) is 0. The molecule has 0 radical (unpaired) electrons. The van der Waals surface area contributed by atoms with E-state index in [2.05, 4.69) is 0 Å². The van der Waals surface area contributed by atoms with Crippen LogP contribution in [0.1, 0.15) is 11.1 Å². The molecule has 0 aliphatic heterocycles. The van der Waals surface area contributed by atoms with Gasteiger partial charge in [0, 0.05) is 5.56 Å². The van der Waals surface area contributed by atoms with Crippen LogP contribution in [0.25, 0.3) is 0 Å². The molecule has 0 unspecified atom stereocenters. The molecule has 0 bridgehead atoms. The molecule has 0 saturated heterocycles. The molecular formula is C8H5F5O. The number of aliphatic hydroxyl groups is 1. The zero-order valence-electron chi connectivity index (χ0n) is 6.70. The summed E-state index contributed by atoms with van der Waals surface area (Å²) in [6.45, 7) is -0.908. The van der Waals surface area contributed by atoms with E-state index >= 15 is 0 Å². The normalized spacial score (nSPS) is 11.9. The Balaban J connectivity index is 3.40. The highest BCUT2D eigenvalue weighted by molar-refractivity contribution is 5.29. The molecule has 0 saturated carbocycles. The maximum atomic E-state index is 12.9. The van der Waals surface area contributed by atoms with E-state index in [1.54, 1.807) is 0 Å². The average Bonchev–Trinajstić information content (AvgIpc) is 2.02. The van der Waals surface area contributed by atoms with Gasteiger partial charge in [0.25, 0.3) is 0 Å². The van der Waals surface area contributed by atoms with Crippen molar-refractivity contribution < 1.29 is 27.1 Å². The van der Waals surface area contributed by atoms with Gasteiger partial charge >= 0.3 is 6.18 Å². The molecule has 1 rings (SSSR count). The molecule has 6 heteroatoms.